The molecule has 0 aliphatic heterocycles. The number of amides is 1. The quantitative estimate of drug-likeness (QED) is 0.739. The van der Waals surface area contributed by atoms with Crippen molar-refractivity contribution in [3.63, 3.8) is 0 Å². The minimum Gasteiger partial charge on any atom is -0.353 e. The van der Waals surface area contributed by atoms with Gasteiger partial charge in [-0.25, -0.2) is 4.39 Å². The van der Waals surface area contributed by atoms with Crippen LogP contribution in [-0.4, -0.2) is 27.2 Å². The van der Waals surface area contributed by atoms with Crippen molar-refractivity contribution in [2.24, 2.45) is 5.73 Å². The zero-order chi connectivity index (χ0) is 17.1. The van der Waals surface area contributed by atoms with E-state index >= 15 is 0 Å². The molecule has 0 bridgehead atoms. The molecular formula is C16H15ClFN5O. The van der Waals surface area contributed by atoms with E-state index in [9.17, 15) is 9.18 Å². The fourth-order valence-corrected chi connectivity index (χ4v) is 2.59. The van der Waals surface area contributed by atoms with Crippen LogP contribution in [0.15, 0.2) is 42.7 Å². The summed E-state index contributed by atoms with van der Waals surface area (Å²) >= 11 is 5.81. The number of fused-ring (bicyclic) bond motifs is 1. The highest BCUT2D eigenvalue weighted by molar-refractivity contribution is 6.30. The molecule has 0 aliphatic rings. The van der Waals surface area contributed by atoms with Gasteiger partial charge in [-0.2, -0.15) is 5.10 Å². The molecule has 24 heavy (non-hydrogen) atoms. The van der Waals surface area contributed by atoms with Crippen LogP contribution >= 0.6 is 11.6 Å². The van der Waals surface area contributed by atoms with Crippen LogP contribution < -0.4 is 11.1 Å². The Hall–Kier alpha value is -2.51. The first-order valence-electron chi connectivity index (χ1n) is 7.28. The van der Waals surface area contributed by atoms with Crippen LogP contribution in [0.2, 0.25) is 5.02 Å². The molecule has 1 amide bonds. The van der Waals surface area contributed by atoms with Crippen LogP contribution in [0.25, 0.3) is 11.0 Å². The van der Waals surface area contributed by atoms with Crippen LogP contribution in [0, 0.1) is 5.82 Å². The van der Waals surface area contributed by atoms with Crippen LogP contribution in [0.1, 0.15) is 11.6 Å². The van der Waals surface area contributed by atoms with Gasteiger partial charge in [-0.05, 0) is 35.9 Å². The number of pyridine rings is 1. The largest absolute Gasteiger partial charge is 0.353 e. The van der Waals surface area contributed by atoms with Crippen molar-refractivity contribution < 1.29 is 9.18 Å². The standard InChI is InChI=1S/C16H15ClFN5O/c17-11-4-10(5-12(18)6-11)13(19)7-21-16(24)9-23-15-2-1-3-20-14(15)8-22-23/h1-6,8,13H,7,9,19H2,(H,21,24). The molecule has 2 aromatic heterocycles. The van der Waals surface area contributed by atoms with Gasteiger partial charge in [-0.15, -0.1) is 0 Å². The molecule has 3 rings (SSSR count). The highest BCUT2D eigenvalue weighted by atomic mass is 35.5. The third-order valence-electron chi connectivity index (χ3n) is 3.54. The number of nitrogens with one attached hydrogen (secondary N) is 1. The van der Waals surface area contributed by atoms with E-state index in [0.29, 0.717) is 5.56 Å². The van der Waals surface area contributed by atoms with Gasteiger partial charge in [-0.3, -0.25) is 14.5 Å². The number of nitrogens with two attached hydrogens (primary N) is 1. The lowest BCUT2D eigenvalue weighted by molar-refractivity contribution is -0.121. The second-order valence-corrected chi connectivity index (χ2v) is 5.76. The lowest BCUT2D eigenvalue weighted by Gasteiger charge is -2.14. The molecule has 1 aromatic carbocycles. The molecule has 0 fully saturated rings. The van der Waals surface area contributed by atoms with Crippen molar-refractivity contribution >= 4 is 28.5 Å². The minimum atomic E-state index is -0.557. The van der Waals surface area contributed by atoms with Crippen LogP contribution in [0.5, 0.6) is 0 Å². The van der Waals surface area contributed by atoms with Gasteiger partial charge in [0, 0.05) is 23.8 Å². The van der Waals surface area contributed by atoms with Gasteiger partial charge in [0.2, 0.25) is 5.91 Å². The van der Waals surface area contributed by atoms with E-state index in [1.165, 1.54) is 12.1 Å². The topological polar surface area (TPSA) is 85.8 Å². The van der Waals surface area contributed by atoms with E-state index in [0.717, 1.165) is 11.0 Å². The van der Waals surface area contributed by atoms with Gasteiger partial charge in [0.25, 0.3) is 0 Å². The van der Waals surface area contributed by atoms with E-state index in [1.54, 1.807) is 29.2 Å². The van der Waals surface area contributed by atoms with Gasteiger partial charge in [0.1, 0.15) is 17.9 Å². The molecule has 8 heteroatoms. The van der Waals surface area contributed by atoms with Crippen molar-refractivity contribution in [1.29, 1.82) is 0 Å². The fraction of sp³-hybridized carbons (Fsp3) is 0.188. The number of benzene rings is 1. The van der Waals surface area contributed by atoms with E-state index in [1.807, 2.05) is 6.07 Å². The van der Waals surface area contributed by atoms with Crippen molar-refractivity contribution in [2.45, 2.75) is 12.6 Å². The fourth-order valence-electron chi connectivity index (χ4n) is 2.36. The summed E-state index contributed by atoms with van der Waals surface area (Å²) in [4.78, 5) is 16.2. The first-order chi connectivity index (χ1) is 11.5. The smallest absolute Gasteiger partial charge is 0.241 e. The van der Waals surface area contributed by atoms with Gasteiger partial charge in [-0.1, -0.05) is 11.6 Å². The first kappa shape index (κ1) is 16.4. The zero-order valence-electron chi connectivity index (χ0n) is 12.6. The number of rotatable bonds is 5. The van der Waals surface area contributed by atoms with Gasteiger partial charge in [0.05, 0.1) is 11.7 Å². The van der Waals surface area contributed by atoms with E-state index in [-0.39, 0.29) is 24.0 Å². The second kappa shape index (κ2) is 6.94. The minimum absolute atomic E-state index is 0.0474. The highest BCUT2D eigenvalue weighted by Gasteiger charge is 2.12. The number of carbonyl (C=O) groups excluding carboxylic acids is 1. The summed E-state index contributed by atoms with van der Waals surface area (Å²) in [6.45, 7) is 0.210. The van der Waals surface area contributed by atoms with Crippen LogP contribution in [-0.2, 0) is 11.3 Å². The predicted octanol–water partition coefficient (Wildman–Crippen LogP) is 2.04. The lowest BCUT2D eigenvalue weighted by Crippen LogP contribution is -2.34. The number of halogens is 2. The predicted molar refractivity (Wildman–Crippen MR) is 88.9 cm³/mol. The molecule has 124 valence electrons. The first-order valence-corrected chi connectivity index (χ1v) is 7.65. The summed E-state index contributed by atoms with van der Waals surface area (Å²) < 4.78 is 14.9. The average molecular weight is 348 g/mol. The summed E-state index contributed by atoms with van der Waals surface area (Å²) in [6, 6.07) is 7.14. The molecule has 1 unspecified atom stereocenters. The van der Waals surface area contributed by atoms with E-state index < -0.39 is 11.9 Å². The summed E-state index contributed by atoms with van der Waals surface area (Å²) in [7, 11) is 0. The molecule has 0 aliphatic carbocycles. The Labute approximate surface area is 142 Å². The highest BCUT2D eigenvalue weighted by Crippen LogP contribution is 2.18. The normalized spacial score (nSPS) is 12.3. The summed E-state index contributed by atoms with van der Waals surface area (Å²) in [5.41, 5.74) is 7.99. The molecule has 0 radical (unpaired) electrons. The maximum absolute atomic E-state index is 13.3. The molecule has 3 aromatic rings. The van der Waals surface area contributed by atoms with E-state index in [2.05, 4.69) is 15.4 Å². The Balaban J connectivity index is 1.61. The van der Waals surface area contributed by atoms with Gasteiger partial charge in [0.15, 0.2) is 0 Å². The number of aromatic nitrogens is 3. The molecule has 1 atom stereocenters. The monoisotopic (exact) mass is 347 g/mol. The molecule has 0 saturated heterocycles. The second-order valence-electron chi connectivity index (χ2n) is 5.32. The Kier molecular flexibility index (Phi) is 4.73. The summed E-state index contributed by atoms with van der Waals surface area (Å²) in [6.07, 6.45) is 3.26. The number of nitrogens with zero attached hydrogens (tertiary/aromatic N) is 3. The Morgan fingerprint density at radius 1 is 1.42 bits per heavy atom. The molecule has 6 nitrogen and oxygen atoms in total. The Bertz CT molecular complexity index is 862. The van der Waals surface area contributed by atoms with Gasteiger partial charge < -0.3 is 11.1 Å². The average Bonchev–Trinajstić information content (AvgIpc) is 2.95. The zero-order valence-corrected chi connectivity index (χ0v) is 13.4. The third kappa shape index (κ3) is 3.69. The molecule has 2 heterocycles. The number of hydrogen-bond donors (Lipinski definition) is 2. The number of hydrogen-bond acceptors (Lipinski definition) is 4. The maximum atomic E-state index is 13.3. The van der Waals surface area contributed by atoms with Crippen LogP contribution in [0.4, 0.5) is 4.39 Å². The summed E-state index contributed by atoms with van der Waals surface area (Å²) in [5, 5.41) is 7.12. The van der Waals surface area contributed by atoms with Crippen LogP contribution in [0.3, 0.4) is 0 Å². The maximum Gasteiger partial charge on any atom is 0.241 e. The summed E-state index contributed by atoms with van der Waals surface area (Å²) in [5.74, 6) is -0.711. The molecule has 3 N–H and O–H groups in total. The third-order valence-corrected chi connectivity index (χ3v) is 3.76. The van der Waals surface area contributed by atoms with E-state index in [4.69, 9.17) is 17.3 Å². The van der Waals surface area contributed by atoms with Gasteiger partial charge >= 0.3 is 0 Å². The Morgan fingerprint density at radius 3 is 3.04 bits per heavy atom. The Morgan fingerprint density at radius 2 is 2.25 bits per heavy atom. The lowest BCUT2D eigenvalue weighted by atomic mass is 10.1. The van der Waals surface area contributed by atoms with Crippen molar-refractivity contribution in [1.82, 2.24) is 20.1 Å². The molecule has 0 spiro atoms. The molecular weight excluding hydrogens is 333 g/mol. The SMILES string of the molecule is NC(CNC(=O)Cn1ncc2ncccc21)c1cc(F)cc(Cl)c1. The van der Waals surface area contributed by atoms with Crippen molar-refractivity contribution in [3.05, 3.63) is 59.1 Å². The number of carbonyl (C=O) groups is 1. The van der Waals surface area contributed by atoms with Crippen molar-refractivity contribution in [3.8, 4) is 0 Å². The molecule has 0 saturated carbocycles. The van der Waals surface area contributed by atoms with Crippen molar-refractivity contribution in [2.75, 3.05) is 6.54 Å².